The number of fused-ring (bicyclic) bond motifs is 1. The zero-order valence-electron chi connectivity index (χ0n) is 25.7. The highest BCUT2D eigenvalue weighted by Crippen LogP contribution is 2.34. The summed E-state index contributed by atoms with van der Waals surface area (Å²) in [6.07, 6.45) is 1.61. The maximum absolute atomic E-state index is 13.5. The van der Waals surface area contributed by atoms with E-state index < -0.39 is 11.8 Å². The Hall–Kier alpha value is -6.00. The third-order valence-electron chi connectivity index (χ3n) is 7.11. The molecule has 0 saturated heterocycles. The van der Waals surface area contributed by atoms with E-state index in [1.54, 1.807) is 60.7 Å². The van der Waals surface area contributed by atoms with Crippen LogP contribution in [-0.4, -0.2) is 30.3 Å². The van der Waals surface area contributed by atoms with E-state index in [-0.39, 0.29) is 24.2 Å². The van der Waals surface area contributed by atoms with Crippen LogP contribution in [0.4, 0.5) is 11.4 Å². The number of nitrogens with one attached hydrogen (secondary N) is 3. The van der Waals surface area contributed by atoms with E-state index in [2.05, 4.69) is 16.0 Å². The number of hydrogen-bond acceptors (Lipinski definition) is 7. The van der Waals surface area contributed by atoms with Gasteiger partial charge in [0, 0.05) is 27.9 Å². The van der Waals surface area contributed by atoms with Gasteiger partial charge in [-0.15, -0.1) is 11.8 Å². The van der Waals surface area contributed by atoms with Crippen LogP contribution < -0.4 is 30.2 Å². The minimum Gasteiger partial charge on any atom is -0.489 e. The molecule has 9 nitrogen and oxygen atoms in total. The van der Waals surface area contributed by atoms with Gasteiger partial charge < -0.3 is 30.2 Å². The van der Waals surface area contributed by atoms with Crippen LogP contribution in [0.25, 0.3) is 6.08 Å². The molecular formula is C38H31N3O6S. The van der Waals surface area contributed by atoms with Crippen LogP contribution in [0.3, 0.4) is 0 Å². The maximum Gasteiger partial charge on any atom is 0.272 e. The molecule has 3 N–H and O–H groups in total. The van der Waals surface area contributed by atoms with Gasteiger partial charge in [-0.25, -0.2) is 0 Å². The molecule has 0 aromatic heterocycles. The zero-order chi connectivity index (χ0) is 33.1. The number of rotatable bonds is 12. The molecule has 0 spiro atoms. The number of hydrogen-bond donors (Lipinski definition) is 3. The summed E-state index contributed by atoms with van der Waals surface area (Å²) in [4.78, 5) is 39.8. The van der Waals surface area contributed by atoms with Gasteiger partial charge >= 0.3 is 0 Å². The fourth-order valence-corrected chi connectivity index (χ4v) is 5.36. The van der Waals surface area contributed by atoms with Crippen molar-refractivity contribution in [1.29, 1.82) is 0 Å². The molecular weight excluding hydrogens is 627 g/mol. The molecule has 0 radical (unpaired) electrons. The van der Waals surface area contributed by atoms with Crippen molar-refractivity contribution in [3.8, 4) is 17.2 Å². The first-order valence-electron chi connectivity index (χ1n) is 15.1. The summed E-state index contributed by atoms with van der Waals surface area (Å²) in [6.45, 7) is 0.598. The fraction of sp³-hybridized carbons (Fsp3) is 0.0789. The molecule has 5 aromatic carbocycles. The Kier molecular flexibility index (Phi) is 10.3. The van der Waals surface area contributed by atoms with Crippen molar-refractivity contribution in [3.05, 3.63) is 150 Å². The van der Waals surface area contributed by atoms with Crippen molar-refractivity contribution >= 4 is 46.9 Å². The molecule has 0 aliphatic carbocycles. The molecule has 1 heterocycles. The Morgan fingerprint density at radius 3 is 2.17 bits per heavy atom. The van der Waals surface area contributed by atoms with Crippen LogP contribution in [0.1, 0.15) is 21.5 Å². The summed E-state index contributed by atoms with van der Waals surface area (Å²) in [5.41, 5.74) is 3.40. The highest BCUT2D eigenvalue weighted by molar-refractivity contribution is 8.00. The zero-order valence-corrected chi connectivity index (χ0v) is 26.5. The van der Waals surface area contributed by atoms with Gasteiger partial charge in [-0.3, -0.25) is 14.4 Å². The van der Waals surface area contributed by atoms with E-state index in [0.29, 0.717) is 46.4 Å². The first-order valence-corrected chi connectivity index (χ1v) is 16.1. The second-order valence-electron chi connectivity index (χ2n) is 10.6. The number of anilines is 2. The van der Waals surface area contributed by atoms with E-state index in [9.17, 15) is 14.4 Å². The predicted molar refractivity (Wildman–Crippen MR) is 186 cm³/mol. The highest BCUT2D eigenvalue weighted by Gasteiger charge is 2.16. The van der Waals surface area contributed by atoms with Crippen LogP contribution >= 0.6 is 11.8 Å². The molecule has 240 valence electrons. The van der Waals surface area contributed by atoms with Gasteiger partial charge in [0.2, 0.25) is 12.7 Å². The Balaban J connectivity index is 1.08. The van der Waals surface area contributed by atoms with E-state index in [4.69, 9.17) is 14.2 Å². The van der Waals surface area contributed by atoms with Gasteiger partial charge in [0.05, 0.1) is 5.75 Å². The van der Waals surface area contributed by atoms with Crippen molar-refractivity contribution in [2.75, 3.05) is 23.2 Å². The van der Waals surface area contributed by atoms with Gasteiger partial charge in [0.25, 0.3) is 11.8 Å². The van der Waals surface area contributed by atoms with Crippen molar-refractivity contribution in [1.82, 2.24) is 5.32 Å². The third-order valence-corrected chi connectivity index (χ3v) is 8.12. The Morgan fingerprint density at radius 2 is 1.42 bits per heavy atom. The summed E-state index contributed by atoms with van der Waals surface area (Å²) in [7, 11) is 0. The molecule has 0 atom stereocenters. The van der Waals surface area contributed by atoms with E-state index in [0.717, 1.165) is 10.5 Å². The molecule has 6 rings (SSSR count). The summed E-state index contributed by atoms with van der Waals surface area (Å²) >= 11 is 1.36. The molecule has 5 aromatic rings. The Morgan fingerprint density at radius 1 is 0.729 bits per heavy atom. The summed E-state index contributed by atoms with van der Waals surface area (Å²) in [5.74, 6) is 1.04. The minimum absolute atomic E-state index is 0.0699. The van der Waals surface area contributed by atoms with E-state index in [1.165, 1.54) is 11.8 Å². The van der Waals surface area contributed by atoms with Gasteiger partial charge in [-0.05, 0) is 77.9 Å². The van der Waals surface area contributed by atoms with Crippen LogP contribution in [0.2, 0.25) is 0 Å². The number of carbonyl (C=O) groups is 3. The third kappa shape index (κ3) is 8.83. The normalized spacial score (nSPS) is 11.8. The van der Waals surface area contributed by atoms with Crippen molar-refractivity contribution in [2.24, 2.45) is 0 Å². The van der Waals surface area contributed by atoms with Crippen molar-refractivity contribution < 1.29 is 28.6 Å². The number of amides is 3. The lowest BCUT2D eigenvalue weighted by molar-refractivity contribution is -0.114. The lowest BCUT2D eigenvalue weighted by Crippen LogP contribution is -2.30. The van der Waals surface area contributed by atoms with Crippen LogP contribution in [-0.2, 0) is 16.2 Å². The molecule has 0 bridgehead atoms. The average molecular weight is 658 g/mol. The molecule has 1 aliphatic heterocycles. The Bertz CT molecular complexity index is 1910. The quantitative estimate of drug-likeness (QED) is 0.0966. The lowest BCUT2D eigenvalue weighted by Gasteiger charge is -2.12. The smallest absolute Gasteiger partial charge is 0.272 e. The molecule has 0 saturated carbocycles. The van der Waals surface area contributed by atoms with E-state index in [1.807, 2.05) is 72.8 Å². The molecule has 3 amide bonds. The largest absolute Gasteiger partial charge is 0.489 e. The first-order chi connectivity index (χ1) is 23.5. The van der Waals surface area contributed by atoms with Crippen LogP contribution in [0.15, 0.2) is 138 Å². The molecule has 10 heteroatoms. The fourth-order valence-electron chi connectivity index (χ4n) is 4.66. The van der Waals surface area contributed by atoms with E-state index >= 15 is 0 Å². The summed E-state index contributed by atoms with van der Waals surface area (Å²) in [5, 5.41) is 8.47. The topological polar surface area (TPSA) is 115 Å². The van der Waals surface area contributed by atoms with Crippen LogP contribution in [0.5, 0.6) is 17.2 Å². The van der Waals surface area contributed by atoms with Gasteiger partial charge in [0.1, 0.15) is 18.1 Å². The average Bonchev–Trinajstić information content (AvgIpc) is 3.60. The lowest BCUT2D eigenvalue weighted by atomic mass is 10.1. The minimum atomic E-state index is -0.493. The second kappa shape index (κ2) is 15.5. The maximum atomic E-state index is 13.5. The highest BCUT2D eigenvalue weighted by atomic mass is 32.2. The van der Waals surface area contributed by atoms with Gasteiger partial charge in [-0.1, -0.05) is 60.7 Å². The predicted octanol–water partition coefficient (Wildman–Crippen LogP) is 7.13. The monoisotopic (exact) mass is 657 g/mol. The SMILES string of the molecule is O=C(CSc1ccc(NC(=O)/C(=C/c2ccc(OCc3ccccc3)cc2)NC(=O)c2ccccc2)cc1)Nc1ccc2c(c1)OCO2. The molecule has 0 unspecified atom stereocenters. The second-order valence-corrected chi connectivity index (χ2v) is 11.7. The molecule has 1 aliphatic rings. The number of ether oxygens (including phenoxy) is 3. The number of benzene rings is 5. The Labute approximate surface area is 281 Å². The number of carbonyl (C=O) groups excluding carboxylic acids is 3. The van der Waals surface area contributed by atoms with Crippen molar-refractivity contribution in [2.45, 2.75) is 11.5 Å². The summed E-state index contributed by atoms with van der Waals surface area (Å²) in [6, 6.07) is 38.2. The van der Waals surface area contributed by atoms with Crippen molar-refractivity contribution in [3.63, 3.8) is 0 Å². The summed E-state index contributed by atoms with van der Waals surface area (Å²) < 4.78 is 16.5. The first kappa shape index (κ1) is 32.0. The van der Waals surface area contributed by atoms with Crippen LogP contribution in [0, 0.1) is 0 Å². The standard InChI is InChI=1S/C38H31N3O6S/c42-36(39-30-15-20-34-35(22-30)47-25-46-34)24-48-32-18-13-29(14-19-32)40-38(44)33(41-37(43)28-9-5-2-6-10-28)21-26-11-16-31(17-12-26)45-23-27-7-3-1-4-8-27/h1-22H,23-25H2,(H,39,42)(H,40,44)(H,41,43)/b33-21-. The molecule has 0 fully saturated rings. The van der Waals surface area contributed by atoms with Gasteiger partial charge in [-0.2, -0.15) is 0 Å². The van der Waals surface area contributed by atoms with Gasteiger partial charge in [0.15, 0.2) is 11.5 Å². The number of thioether (sulfide) groups is 1. The molecule has 48 heavy (non-hydrogen) atoms.